The highest BCUT2D eigenvalue weighted by molar-refractivity contribution is 5.72. The second kappa shape index (κ2) is 5.40. The number of benzene rings is 1. The number of carbonyl (C=O) groups is 1. The van der Waals surface area contributed by atoms with Gasteiger partial charge in [-0.25, -0.2) is 0 Å². The van der Waals surface area contributed by atoms with E-state index < -0.39 is 5.97 Å². The number of rotatable bonds is 4. The summed E-state index contributed by atoms with van der Waals surface area (Å²) in [6.45, 7) is 3.96. The van der Waals surface area contributed by atoms with Crippen LogP contribution in [-0.2, 0) is 4.79 Å². The van der Waals surface area contributed by atoms with Crippen molar-refractivity contribution in [2.24, 2.45) is 5.92 Å². The molecule has 98 valence electrons. The smallest absolute Gasteiger partial charge is 0.308 e. The lowest BCUT2D eigenvalue weighted by atomic mass is 9.89. The van der Waals surface area contributed by atoms with Gasteiger partial charge < -0.3 is 14.7 Å². The molecule has 0 bridgehead atoms. The molecule has 2 rings (SSSR count). The number of nitrogens with zero attached hydrogens (tertiary/aromatic N) is 1. The van der Waals surface area contributed by atoms with Gasteiger partial charge in [0.15, 0.2) is 0 Å². The van der Waals surface area contributed by atoms with Crippen molar-refractivity contribution in [2.75, 3.05) is 26.7 Å². The van der Waals surface area contributed by atoms with Crippen LogP contribution in [0.1, 0.15) is 18.4 Å². The van der Waals surface area contributed by atoms with Crippen LogP contribution in [0.25, 0.3) is 0 Å². The average Bonchev–Trinajstić information content (AvgIpc) is 2.72. The summed E-state index contributed by atoms with van der Waals surface area (Å²) in [5.74, 6) is -0.181. The fourth-order valence-corrected chi connectivity index (χ4v) is 2.59. The Morgan fingerprint density at radius 1 is 1.50 bits per heavy atom. The van der Waals surface area contributed by atoms with E-state index in [1.807, 2.05) is 38.2 Å². The van der Waals surface area contributed by atoms with Gasteiger partial charge in [0.2, 0.25) is 0 Å². The van der Waals surface area contributed by atoms with E-state index in [1.54, 1.807) is 0 Å². The van der Waals surface area contributed by atoms with Crippen LogP contribution in [0.15, 0.2) is 24.3 Å². The molecule has 4 heteroatoms. The Morgan fingerprint density at radius 2 is 2.28 bits per heavy atom. The van der Waals surface area contributed by atoms with Crippen LogP contribution < -0.4 is 4.74 Å². The highest BCUT2D eigenvalue weighted by atomic mass is 16.5. The lowest BCUT2D eigenvalue weighted by Gasteiger charge is -2.16. The van der Waals surface area contributed by atoms with Gasteiger partial charge in [0, 0.05) is 19.0 Å². The number of likely N-dealkylation sites (N-methyl/N-ethyl adjacent to an activating group) is 1. The topological polar surface area (TPSA) is 49.8 Å². The van der Waals surface area contributed by atoms with Crippen LogP contribution in [0, 0.1) is 5.92 Å². The van der Waals surface area contributed by atoms with Crippen LogP contribution in [0.5, 0.6) is 5.75 Å². The summed E-state index contributed by atoms with van der Waals surface area (Å²) in [5.41, 5.74) is 1.05. The third-order valence-electron chi connectivity index (χ3n) is 3.42. The molecule has 1 saturated heterocycles. The molecule has 4 nitrogen and oxygen atoms in total. The quantitative estimate of drug-likeness (QED) is 0.884. The standard InChI is InChI=1S/C14H19NO3/c1-3-18-11-6-4-5-10(7-11)12-8-15(2)9-13(12)14(16)17/h4-7,12-13H,3,8-9H2,1-2H3,(H,16,17)/t12-,13+/m1/s1. The van der Waals surface area contributed by atoms with E-state index in [0.717, 1.165) is 17.9 Å². The average molecular weight is 249 g/mol. The number of carboxylic acid groups (broad SMARTS) is 1. The molecule has 0 spiro atoms. The number of aliphatic carboxylic acids is 1. The van der Waals surface area contributed by atoms with Gasteiger partial charge in [-0.1, -0.05) is 12.1 Å². The molecular weight excluding hydrogens is 230 g/mol. The molecule has 1 N–H and O–H groups in total. The third kappa shape index (κ3) is 2.64. The molecule has 1 aliphatic rings. The van der Waals surface area contributed by atoms with Crippen molar-refractivity contribution in [3.8, 4) is 5.75 Å². The fourth-order valence-electron chi connectivity index (χ4n) is 2.59. The van der Waals surface area contributed by atoms with E-state index in [2.05, 4.69) is 4.90 Å². The summed E-state index contributed by atoms with van der Waals surface area (Å²) in [7, 11) is 1.96. The first-order chi connectivity index (χ1) is 8.61. The molecule has 18 heavy (non-hydrogen) atoms. The first kappa shape index (κ1) is 12.9. The van der Waals surface area contributed by atoms with Gasteiger partial charge in [-0.05, 0) is 31.7 Å². The molecule has 0 unspecified atom stereocenters. The first-order valence-electron chi connectivity index (χ1n) is 6.26. The molecule has 2 atom stereocenters. The van der Waals surface area contributed by atoms with Gasteiger partial charge in [-0.2, -0.15) is 0 Å². The Bertz CT molecular complexity index is 433. The Labute approximate surface area is 107 Å². The van der Waals surface area contributed by atoms with Gasteiger partial charge in [0.05, 0.1) is 12.5 Å². The summed E-state index contributed by atoms with van der Waals surface area (Å²) < 4.78 is 5.47. The molecular formula is C14H19NO3. The van der Waals surface area contributed by atoms with E-state index in [0.29, 0.717) is 13.2 Å². The van der Waals surface area contributed by atoms with E-state index >= 15 is 0 Å². The van der Waals surface area contributed by atoms with Gasteiger partial charge in [-0.3, -0.25) is 4.79 Å². The summed E-state index contributed by atoms with van der Waals surface area (Å²) >= 11 is 0. The molecule has 0 saturated carbocycles. The highest BCUT2D eigenvalue weighted by Gasteiger charge is 2.36. The second-order valence-electron chi connectivity index (χ2n) is 4.78. The highest BCUT2D eigenvalue weighted by Crippen LogP contribution is 2.33. The Kier molecular flexibility index (Phi) is 3.87. The molecule has 0 aliphatic carbocycles. The SMILES string of the molecule is CCOc1cccc([C@H]2CN(C)C[C@@H]2C(=O)O)c1. The summed E-state index contributed by atoms with van der Waals surface area (Å²) in [6, 6.07) is 7.78. The van der Waals surface area contributed by atoms with Crippen LogP contribution in [0.4, 0.5) is 0 Å². The van der Waals surface area contributed by atoms with Crippen LogP contribution in [-0.4, -0.2) is 42.7 Å². The zero-order valence-corrected chi connectivity index (χ0v) is 10.8. The largest absolute Gasteiger partial charge is 0.494 e. The molecule has 1 aromatic carbocycles. The Morgan fingerprint density at radius 3 is 2.94 bits per heavy atom. The van der Waals surface area contributed by atoms with Crippen molar-refractivity contribution in [2.45, 2.75) is 12.8 Å². The molecule has 0 radical (unpaired) electrons. The van der Waals surface area contributed by atoms with E-state index in [4.69, 9.17) is 4.74 Å². The lowest BCUT2D eigenvalue weighted by Crippen LogP contribution is -2.21. The predicted molar refractivity (Wildman–Crippen MR) is 69.0 cm³/mol. The van der Waals surface area contributed by atoms with Crippen molar-refractivity contribution >= 4 is 5.97 Å². The summed E-state index contributed by atoms with van der Waals surface area (Å²) in [5, 5.41) is 9.28. The molecule has 1 aromatic rings. The van der Waals surface area contributed by atoms with Crippen molar-refractivity contribution in [3.63, 3.8) is 0 Å². The van der Waals surface area contributed by atoms with E-state index in [9.17, 15) is 9.90 Å². The first-order valence-corrected chi connectivity index (χ1v) is 6.26. The normalized spacial score (nSPS) is 24.1. The minimum atomic E-state index is -0.717. The maximum Gasteiger partial charge on any atom is 0.308 e. The van der Waals surface area contributed by atoms with Gasteiger partial charge in [0.25, 0.3) is 0 Å². The number of hydrogen-bond acceptors (Lipinski definition) is 3. The number of likely N-dealkylation sites (tertiary alicyclic amines) is 1. The van der Waals surface area contributed by atoms with Crippen LogP contribution in [0.2, 0.25) is 0 Å². The van der Waals surface area contributed by atoms with Gasteiger partial charge >= 0.3 is 5.97 Å². The van der Waals surface area contributed by atoms with Gasteiger partial charge in [0.1, 0.15) is 5.75 Å². The predicted octanol–water partition coefficient (Wildman–Crippen LogP) is 1.82. The van der Waals surface area contributed by atoms with Crippen molar-refractivity contribution in [3.05, 3.63) is 29.8 Å². The second-order valence-corrected chi connectivity index (χ2v) is 4.78. The minimum absolute atomic E-state index is 0.0490. The Balaban J connectivity index is 2.24. The van der Waals surface area contributed by atoms with Crippen LogP contribution >= 0.6 is 0 Å². The number of ether oxygens (including phenoxy) is 1. The van der Waals surface area contributed by atoms with E-state index in [1.165, 1.54) is 0 Å². The number of hydrogen-bond donors (Lipinski definition) is 1. The molecule has 0 aromatic heterocycles. The summed E-state index contributed by atoms with van der Waals surface area (Å²) in [4.78, 5) is 13.3. The minimum Gasteiger partial charge on any atom is -0.494 e. The Hall–Kier alpha value is -1.55. The summed E-state index contributed by atoms with van der Waals surface area (Å²) in [6.07, 6.45) is 0. The van der Waals surface area contributed by atoms with Crippen molar-refractivity contribution in [1.29, 1.82) is 0 Å². The lowest BCUT2D eigenvalue weighted by molar-refractivity contribution is -0.141. The molecule has 1 heterocycles. The van der Waals surface area contributed by atoms with E-state index in [-0.39, 0.29) is 11.8 Å². The number of carboxylic acids is 1. The molecule has 0 amide bonds. The maximum absolute atomic E-state index is 11.3. The van der Waals surface area contributed by atoms with Crippen molar-refractivity contribution in [1.82, 2.24) is 4.90 Å². The zero-order chi connectivity index (χ0) is 13.1. The monoisotopic (exact) mass is 249 g/mol. The van der Waals surface area contributed by atoms with Gasteiger partial charge in [-0.15, -0.1) is 0 Å². The van der Waals surface area contributed by atoms with Crippen LogP contribution in [0.3, 0.4) is 0 Å². The zero-order valence-electron chi connectivity index (χ0n) is 10.8. The molecule has 1 aliphatic heterocycles. The third-order valence-corrected chi connectivity index (χ3v) is 3.42. The van der Waals surface area contributed by atoms with Crippen molar-refractivity contribution < 1.29 is 14.6 Å². The fraction of sp³-hybridized carbons (Fsp3) is 0.500. The maximum atomic E-state index is 11.3. The molecule has 1 fully saturated rings.